The fraction of sp³-hybridized carbons (Fsp3) is 0.370. The van der Waals surface area contributed by atoms with Gasteiger partial charge in [0.1, 0.15) is 0 Å². The van der Waals surface area contributed by atoms with E-state index in [1.54, 1.807) is 7.05 Å². The molecule has 0 radical (unpaired) electrons. The zero-order chi connectivity index (χ0) is 23.7. The molecule has 0 saturated heterocycles. The third-order valence-electron chi connectivity index (χ3n) is 6.72. The number of nitrogens with zero attached hydrogens (tertiary/aromatic N) is 5. The van der Waals surface area contributed by atoms with Crippen molar-refractivity contribution in [1.29, 1.82) is 0 Å². The molecule has 1 atom stereocenters. The number of imidazole rings is 1. The Morgan fingerprint density at radius 2 is 1.53 bits per heavy atom. The molecule has 2 aromatic heterocycles. The molecule has 1 aliphatic heterocycles. The maximum Gasteiger partial charge on any atom is 0.332 e. The van der Waals surface area contributed by atoms with Gasteiger partial charge in [0.05, 0.1) is 0 Å². The molecular weight excluding hydrogens is 426 g/mol. The number of hydrogen-bond donors (Lipinski definition) is 0. The lowest BCUT2D eigenvalue weighted by Gasteiger charge is -2.33. The molecule has 7 heteroatoms. The Morgan fingerprint density at radius 3 is 2.21 bits per heavy atom. The van der Waals surface area contributed by atoms with Gasteiger partial charge in [-0.15, -0.1) is 0 Å². The van der Waals surface area contributed by atoms with E-state index in [9.17, 15) is 9.59 Å². The van der Waals surface area contributed by atoms with Crippen LogP contribution in [-0.4, -0.2) is 31.8 Å². The minimum atomic E-state index is -0.301. The minimum absolute atomic E-state index is 0.234. The van der Waals surface area contributed by atoms with Crippen molar-refractivity contribution in [3.8, 4) is 0 Å². The van der Waals surface area contributed by atoms with Gasteiger partial charge < -0.3 is 9.47 Å². The van der Waals surface area contributed by atoms with Crippen LogP contribution >= 0.6 is 0 Å². The summed E-state index contributed by atoms with van der Waals surface area (Å²) in [4.78, 5) is 33.7. The van der Waals surface area contributed by atoms with Gasteiger partial charge in [-0.25, -0.2) is 4.79 Å². The standard InChI is InChI=1S/C27H31N5O2/c1-20-18-30(17-15-22-12-7-4-8-13-22)26-28-24-23(32(26)19-20)25(33)31(27(34)29(24)2)16-9-14-21-10-5-3-6-11-21/h3-8,10-13,20H,9,14-19H2,1-2H3/t20-/m0/s1. The van der Waals surface area contributed by atoms with Crippen molar-refractivity contribution in [3.05, 3.63) is 92.6 Å². The lowest BCUT2D eigenvalue weighted by Crippen LogP contribution is -2.41. The van der Waals surface area contributed by atoms with Crippen LogP contribution in [0.3, 0.4) is 0 Å². The average molecular weight is 458 g/mol. The first-order valence-electron chi connectivity index (χ1n) is 12.1. The molecule has 0 amide bonds. The van der Waals surface area contributed by atoms with Crippen LogP contribution in [0.4, 0.5) is 5.95 Å². The third kappa shape index (κ3) is 4.18. The van der Waals surface area contributed by atoms with Gasteiger partial charge in [-0.1, -0.05) is 67.6 Å². The van der Waals surface area contributed by atoms with Crippen LogP contribution in [-0.2, 0) is 33.0 Å². The summed E-state index contributed by atoms with van der Waals surface area (Å²) in [7, 11) is 1.72. The number of anilines is 1. The predicted octanol–water partition coefficient (Wildman–Crippen LogP) is 3.23. The summed E-state index contributed by atoms with van der Waals surface area (Å²) in [5, 5.41) is 0. The second kappa shape index (κ2) is 9.33. The quantitative estimate of drug-likeness (QED) is 0.427. The average Bonchev–Trinajstić information content (AvgIpc) is 3.24. The Bertz CT molecular complexity index is 1400. The van der Waals surface area contributed by atoms with Gasteiger partial charge in [0.2, 0.25) is 5.95 Å². The van der Waals surface area contributed by atoms with E-state index in [1.165, 1.54) is 20.3 Å². The molecule has 5 rings (SSSR count). The molecule has 0 bridgehead atoms. The van der Waals surface area contributed by atoms with E-state index >= 15 is 0 Å². The van der Waals surface area contributed by atoms with Crippen LogP contribution in [0.15, 0.2) is 70.3 Å². The highest BCUT2D eigenvalue weighted by Crippen LogP contribution is 2.27. The van der Waals surface area contributed by atoms with Crippen molar-refractivity contribution in [2.24, 2.45) is 13.0 Å². The smallest absolute Gasteiger partial charge is 0.332 e. The van der Waals surface area contributed by atoms with Gasteiger partial charge >= 0.3 is 5.69 Å². The number of aromatic nitrogens is 4. The molecule has 0 fully saturated rings. The SMILES string of the molecule is C[C@H]1CN(CCc2ccccc2)c2nc3c(c(=O)n(CCCc4ccccc4)c(=O)n3C)n2C1. The fourth-order valence-electron chi connectivity index (χ4n) is 4.98. The molecule has 0 N–H and O–H groups in total. The summed E-state index contributed by atoms with van der Waals surface area (Å²) < 4.78 is 4.95. The molecule has 3 heterocycles. The maximum atomic E-state index is 13.5. The van der Waals surface area contributed by atoms with Crippen molar-refractivity contribution in [3.63, 3.8) is 0 Å². The molecule has 0 aliphatic carbocycles. The van der Waals surface area contributed by atoms with E-state index in [-0.39, 0.29) is 11.2 Å². The van der Waals surface area contributed by atoms with Crippen molar-refractivity contribution in [2.45, 2.75) is 39.3 Å². The lowest BCUT2D eigenvalue weighted by atomic mass is 10.1. The summed E-state index contributed by atoms with van der Waals surface area (Å²) in [5.74, 6) is 1.17. The number of rotatable bonds is 7. The molecule has 4 aromatic rings. The van der Waals surface area contributed by atoms with Gasteiger partial charge in [0.25, 0.3) is 5.56 Å². The first kappa shape index (κ1) is 22.2. The topological polar surface area (TPSA) is 65.1 Å². The number of hydrogen-bond acceptors (Lipinski definition) is 4. The summed E-state index contributed by atoms with van der Waals surface area (Å²) in [6.07, 6.45) is 2.45. The summed E-state index contributed by atoms with van der Waals surface area (Å²) in [6, 6.07) is 20.6. The van der Waals surface area contributed by atoms with Crippen molar-refractivity contribution in [2.75, 3.05) is 18.0 Å². The van der Waals surface area contributed by atoms with Crippen LogP contribution in [0.2, 0.25) is 0 Å². The Labute approximate surface area is 198 Å². The van der Waals surface area contributed by atoms with E-state index in [1.807, 2.05) is 28.8 Å². The molecule has 0 saturated carbocycles. The maximum absolute atomic E-state index is 13.5. The zero-order valence-corrected chi connectivity index (χ0v) is 19.9. The second-order valence-electron chi connectivity index (χ2n) is 9.37. The van der Waals surface area contributed by atoms with Gasteiger partial charge in [0, 0.05) is 33.2 Å². The van der Waals surface area contributed by atoms with Crippen LogP contribution in [0.25, 0.3) is 11.2 Å². The largest absolute Gasteiger partial charge is 0.342 e. The van der Waals surface area contributed by atoms with E-state index < -0.39 is 0 Å². The molecule has 2 aromatic carbocycles. The van der Waals surface area contributed by atoms with Crippen LogP contribution in [0, 0.1) is 5.92 Å². The third-order valence-corrected chi connectivity index (χ3v) is 6.72. The number of aryl methyl sites for hydroxylation is 2. The molecule has 34 heavy (non-hydrogen) atoms. The van der Waals surface area contributed by atoms with Crippen LogP contribution < -0.4 is 16.1 Å². The van der Waals surface area contributed by atoms with Gasteiger partial charge in [0.15, 0.2) is 11.2 Å². The normalized spacial score (nSPS) is 15.6. The Kier molecular flexibility index (Phi) is 6.09. The summed E-state index contributed by atoms with van der Waals surface area (Å²) >= 11 is 0. The highest BCUT2D eigenvalue weighted by Gasteiger charge is 2.28. The van der Waals surface area contributed by atoms with Gasteiger partial charge in [-0.2, -0.15) is 4.98 Å². The molecule has 176 valence electrons. The molecular formula is C27H31N5O2. The zero-order valence-electron chi connectivity index (χ0n) is 19.9. The predicted molar refractivity (Wildman–Crippen MR) is 136 cm³/mol. The molecule has 1 aliphatic rings. The first-order chi connectivity index (χ1) is 16.5. The van der Waals surface area contributed by atoms with Crippen LogP contribution in [0.1, 0.15) is 24.5 Å². The first-order valence-corrected chi connectivity index (χ1v) is 12.1. The Hall–Kier alpha value is -3.61. The lowest BCUT2D eigenvalue weighted by molar-refractivity contribution is 0.436. The van der Waals surface area contributed by atoms with Crippen molar-refractivity contribution in [1.82, 2.24) is 18.7 Å². The van der Waals surface area contributed by atoms with Gasteiger partial charge in [-0.05, 0) is 36.3 Å². The Morgan fingerprint density at radius 1 is 0.882 bits per heavy atom. The summed E-state index contributed by atoms with van der Waals surface area (Å²) in [5.41, 5.74) is 2.96. The van der Waals surface area contributed by atoms with Crippen molar-refractivity contribution < 1.29 is 0 Å². The monoisotopic (exact) mass is 457 g/mol. The molecule has 0 unspecified atom stereocenters. The second-order valence-corrected chi connectivity index (χ2v) is 9.37. The van der Waals surface area contributed by atoms with E-state index in [0.717, 1.165) is 44.8 Å². The highest BCUT2D eigenvalue weighted by molar-refractivity contribution is 5.75. The minimum Gasteiger partial charge on any atom is -0.342 e. The van der Waals surface area contributed by atoms with Crippen LogP contribution in [0.5, 0.6) is 0 Å². The number of fused-ring (bicyclic) bond motifs is 3. The van der Waals surface area contributed by atoms with E-state index in [0.29, 0.717) is 23.6 Å². The molecule has 0 spiro atoms. The fourth-order valence-corrected chi connectivity index (χ4v) is 4.98. The van der Waals surface area contributed by atoms with E-state index in [4.69, 9.17) is 4.98 Å². The highest BCUT2D eigenvalue weighted by atomic mass is 16.2. The van der Waals surface area contributed by atoms with Gasteiger partial charge in [-0.3, -0.25) is 13.9 Å². The molecule has 7 nitrogen and oxygen atoms in total. The van der Waals surface area contributed by atoms with Crippen molar-refractivity contribution >= 4 is 17.1 Å². The number of benzene rings is 2. The Balaban J connectivity index is 1.47. The van der Waals surface area contributed by atoms with E-state index in [2.05, 4.69) is 48.2 Å². The summed E-state index contributed by atoms with van der Waals surface area (Å²) in [6.45, 7) is 5.02.